The fourth-order valence-electron chi connectivity index (χ4n) is 3.92. The number of rotatable bonds is 6. The molecule has 3 fully saturated rings. The first-order valence-corrected chi connectivity index (χ1v) is 9.29. The summed E-state index contributed by atoms with van der Waals surface area (Å²) in [5.41, 5.74) is 0.947. The minimum absolute atomic E-state index is 0.126. The summed E-state index contributed by atoms with van der Waals surface area (Å²) in [4.78, 5) is 12.1. The number of benzene rings is 1. The SMILES string of the molecule is O=C1C[C@H]2O[C@@H]1[C@H](O[C@@H]1O[C@H](CO)[C@@H](O)[C@H](O)[C@H]1O)[C@H]2OCc1ccccc1. The van der Waals surface area contributed by atoms with Gasteiger partial charge in [-0.2, -0.15) is 0 Å². The molecule has 28 heavy (non-hydrogen) atoms. The largest absolute Gasteiger partial charge is 0.394 e. The Morgan fingerprint density at radius 1 is 1.00 bits per heavy atom. The number of carbonyl (C=O) groups is 1. The Morgan fingerprint density at radius 2 is 1.75 bits per heavy atom. The van der Waals surface area contributed by atoms with Crippen LogP contribution in [0.4, 0.5) is 0 Å². The maximum atomic E-state index is 12.1. The number of fused-ring (bicyclic) bond motifs is 2. The van der Waals surface area contributed by atoms with Gasteiger partial charge in [0.1, 0.15) is 42.7 Å². The van der Waals surface area contributed by atoms with Crippen molar-refractivity contribution in [2.75, 3.05) is 6.61 Å². The number of aliphatic hydroxyl groups excluding tert-OH is 4. The van der Waals surface area contributed by atoms with Gasteiger partial charge in [0.25, 0.3) is 0 Å². The van der Waals surface area contributed by atoms with Crippen LogP contribution in [0.5, 0.6) is 0 Å². The van der Waals surface area contributed by atoms with E-state index in [1.54, 1.807) is 0 Å². The average Bonchev–Trinajstić information content (AvgIpc) is 3.24. The lowest BCUT2D eigenvalue weighted by Gasteiger charge is -2.41. The number of hydrogen-bond acceptors (Lipinski definition) is 9. The number of carbonyl (C=O) groups excluding carboxylic acids is 1. The van der Waals surface area contributed by atoms with Crippen LogP contribution in [0.15, 0.2) is 30.3 Å². The first-order chi connectivity index (χ1) is 13.5. The third kappa shape index (κ3) is 3.60. The highest BCUT2D eigenvalue weighted by Crippen LogP contribution is 2.38. The number of aliphatic hydroxyl groups is 4. The molecule has 3 saturated heterocycles. The van der Waals surface area contributed by atoms with E-state index in [4.69, 9.17) is 18.9 Å². The zero-order chi connectivity index (χ0) is 19.8. The van der Waals surface area contributed by atoms with Crippen LogP contribution in [-0.4, -0.2) is 87.9 Å². The van der Waals surface area contributed by atoms with Gasteiger partial charge < -0.3 is 39.4 Å². The second kappa shape index (κ2) is 8.13. The molecule has 1 aromatic rings. The lowest BCUT2D eigenvalue weighted by molar-refractivity contribution is -0.318. The Kier molecular flexibility index (Phi) is 5.77. The van der Waals surface area contributed by atoms with E-state index in [1.165, 1.54) is 0 Å². The van der Waals surface area contributed by atoms with Gasteiger partial charge >= 0.3 is 0 Å². The van der Waals surface area contributed by atoms with Gasteiger partial charge in [0.05, 0.1) is 19.3 Å². The summed E-state index contributed by atoms with van der Waals surface area (Å²) in [5.74, 6) is -0.126. The van der Waals surface area contributed by atoms with Crippen molar-refractivity contribution >= 4 is 5.78 Å². The van der Waals surface area contributed by atoms with Crippen molar-refractivity contribution in [3.05, 3.63) is 35.9 Å². The van der Waals surface area contributed by atoms with Gasteiger partial charge in [-0.1, -0.05) is 30.3 Å². The number of Topliss-reactive ketones (excluding diaryl/α,β-unsaturated/α-hetero) is 1. The van der Waals surface area contributed by atoms with E-state index >= 15 is 0 Å². The Hall–Kier alpha value is -1.43. The van der Waals surface area contributed by atoms with Crippen LogP contribution in [0.25, 0.3) is 0 Å². The van der Waals surface area contributed by atoms with Gasteiger partial charge in [0, 0.05) is 6.42 Å². The summed E-state index contributed by atoms with van der Waals surface area (Å²) < 4.78 is 22.8. The van der Waals surface area contributed by atoms with Crippen molar-refractivity contribution in [1.29, 1.82) is 0 Å². The van der Waals surface area contributed by atoms with E-state index in [1.807, 2.05) is 30.3 Å². The Bertz CT molecular complexity index is 681. The van der Waals surface area contributed by atoms with Gasteiger partial charge in [0.2, 0.25) is 0 Å². The van der Waals surface area contributed by atoms with Crippen molar-refractivity contribution in [2.24, 2.45) is 0 Å². The van der Waals surface area contributed by atoms with E-state index in [0.29, 0.717) is 6.61 Å². The molecule has 9 heteroatoms. The molecule has 3 aliphatic heterocycles. The molecule has 1 aromatic carbocycles. The average molecular weight is 396 g/mol. The summed E-state index contributed by atoms with van der Waals surface area (Å²) in [7, 11) is 0. The molecule has 0 saturated carbocycles. The summed E-state index contributed by atoms with van der Waals surface area (Å²) in [6.45, 7) is -0.272. The highest BCUT2D eigenvalue weighted by molar-refractivity contribution is 5.87. The Labute approximate surface area is 161 Å². The second-order valence-electron chi connectivity index (χ2n) is 7.32. The first kappa shape index (κ1) is 19.9. The second-order valence-corrected chi connectivity index (χ2v) is 7.32. The molecule has 0 aromatic heterocycles. The van der Waals surface area contributed by atoms with Crippen LogP contribution in [-0.2, 0) is 30.3 Å². The maximum Gasteiger partial charge on any atom is 0.187 e. The molecule has 3 heterocycles. The Morgan fingerprint density at radius 3 is 2.46 bits per heavy atom. The molecular weight excluding hydrogens is 372 g/mol. The zero-order valence-electron chi connectivity index (χ0n) is 15.0. The monoisotopic (exact) mass is 396 g/mol. The van der Waals surface area contributed by atoms with E-state index < -0.39 is 61.7 Å². The number of ketones is 1. The van der Waals surface area contributed by atoms with Gasteiger partial charge in [-0.3, -0.25) is 4.79 Å². The van der Waals surface area contributed by atoms with Gasteiger partial charge in [0.15, 0.2) is 12.1 Å². The molecule has 0 radical (unpaired) electrons. The third-order valence-electron chi connectivity index (χ3n) is 5.45. The van der Waals surface area contributed by atoms with E-state index in [0.717, 1.165) is 5.56 Å². The highest BCUT2D eigenvalue weighted by atomic mass is 16.7. The van der Waals surface area contributed by atoms with Crippen molar-refractivity contribution in [3.8, 4) is 0 Å². The third-order valence-corrected chi connectivity index (χ3v) is 5.45. The number of hydrogen-bond donors (Lipinski definition) is 4. The van der Waals surface area contributed by atoms with Crippen LogP contribution in [0.1, 0.15) is 12.0 Å². The van der Waals surface area contributed by atoms with Crippen LogP contribution in [0, 0.1) is 0 Å². The normalized spacial score (nSPS) is 42.9. The van der Waals surface area contributed by atoms with E-state index in [9.17, 15) is 25.2 Å². The van der Waals surface area contributed by atoms with Crippen molar-refractivity contribution in [1.82, 2.24) is 0 Å². The van der Waals surface area contributed by atoms with Crippen molar-refractivity contribution in [2.45, 2.75) is 68.1 Å². The molecule has 0 unspecified atom stereocenters. The molecule has 2 bridgehead atoms. The molecule has 3 aliphatic rings. The topological polar surface area (TPSA) is 135 Å². The molecule has 0 spiro atoms. The van der Waals surface area contributed by atoms with Crippen molar-refractivity contribution in [3.63, 3.8) is 0 Å². The first-order valence-electron chi connectivity index (χ1n) is 9.29. The minimum Gasteiger partial charge on any atom is -0.394 e. The highest BCUT2D eigenvalue weighted by Gasteiger charge is 2.57. The van der Waals surface area contributed by atoms with Crippen LogP contribution < -0.4 is 0 Å². The zero-order valence-corrected chi connectivity index (χ0v) is 15.0. The summed E-state index contributed by atoms with van der Waals surface area (Å²) in [6.07, 6.45) is -9.53. The molecule has 4 N–H and O–H groups in total. The summed E-state index contributed by atoms with van der Waals surface area (Å²) in [5, 5.41) is 39.4. The maximum absolute atomic E-state index is 12.1. The molecule has 154 valence electrons. The predicted molar refractivity (Wildman–Crippen MR) is 91.9 cm³/mol. The van der Waals surface area contributed by atoms with E-state index in [-0.39, 0.29) is 12.2 Å². The van der Waals surface area contributed by atoms with Crippen LogP contribution in [0.2, 0.25) is 0 Å². The van der Waals surface area contributed by atoms with Crippen LogP contribution >= 0.6 is 0 Å². The fourth-order valence-corrected chi connectivity index (χ4v) is 3.92. The van der Waals surface area contributed by atoms with Gasteiger partial charge in [-0.25, -0.2) is 0 Å². The molecular formula is C19H24O9. The summed E-state index contributed by atoms with van der Waals surface area (Å²) >= 11 is 0. The molecule has 0 amide bonds. The van der Waals surface area contributed by atoms with E-state index in [2.05, 4.69) is 0 Å². The van der Waals surface area contributed by atoms with Gasteiger partial charge in [-0.05, 0) is 5.56 Å². The molecule has 9 nitrogen and oxygen atoms in total. The van der Waals surface area contributed by atoms with Crippen LogP contribution in [0.3, 0.4) is 0 Å². The molecule has 4 rings (SSSR count). The molecule has 9 atom stereocenters. The minimum atomic E-state index is -1.56. The lowest BCUT2D eigenvalue weighted by atomic mass is 9.93. The standard InChI is InChI=1S/C19H24O9/c20-7-12-13(22)14(23)15(24)19(27-12)28-18-16-10(21)6-11(26-16)17(18)25-8-9-4-2-1-3-5-9/h1-5,11-20,22-24H,6-8H2/t11-,12-,13-,14+,15-,16+,17+,18+,19+/m1/s1. The molecule has 0 aliphatic carbocycles. The lowest BCUT2D eigenvalue weighted by Crippen LogP contribution is -2.61. The predicted octanol–water partition coefficient (Wildman–Crippen LogP) is -1.50. The van der Waals surface area contributed by atoms with Crippen molar-refractivity contribution < 1.29 is 44.2 Å². The smallest absolute Gasteiger partial charge is 0.187 e. The van der Waals surface area contributed by atoms with Gasteiger partial charge in [-0.15, -0.1) is 0 Å². The fraction of sp³-hybridized carbons (Fsp3) is 0.632. The summed E-state index contributed by atoms with van der Waals surface area (Å²) in [6, 6.07) is 9.50. The Balaban J connectivity index is 1.47. The number of ether oxygens (including phenoxy) is 4. The quantitative estimate of drug-likeness (QED) is 0.453.